The molecule has 0 spiro atoms. The molecule has 18 aromatic rings. The highest BCUT2D eigenvalue weighted by Crippen LogP contribution is 2.39. The molecule has 118 heavy (non-hydrogen) atoms. The van der Waals surface area contributed by atoms with Crippen LogP contribution >= 0.6 is 11.6 Å². The first-order valence-electron chi connectivity index (χ1n) is 39.2. The summed E-state index contributed by atoms with van der Waals surface area (Å²) in [6, 6.07) is 135. The van der Waals surface area contributed by atoms with E-state index >= 15 is 0 Å². The third-order valence-corrected chi connectivity index (χ3v) is 21.1. The number of rotatable bonds is 16. The van der Waals surface area contributed by atoms with Crippen LogP contribution in [-0.4, -0.2) is 68.2 Å². The zero-order valence-electron chi connectivity index (χ0n) is 65.3. The molecule has 5 heterocycles. The van der Waals surface area contributed by atoms with E-state index in [0.29, 0.717) is 51.6 Å². The molecule has 0 aliphatic carbocycles. The van der Waals surface area contributed by atoms with Gasteiger partial charge < -0.3 is 9.31 Å². The van der Waals surface area contributed by atoms with Crippen LogP contribution in [0.25, 0.3) is 170 Å². The first-order valence-corrected chi connectivity index (χ1v) is 39.6. The Morgan fingerprint density at radius 2 is 0.407 bits per heavy atom. The van der Waals surface area contributed by atoms with E-state index < -0.39 is 18.3 Å². The number of nitrogens with zero attached hydrogens (tertiary/aromatic N) is 10. The number of benzene rings is 14. The first kappa shape index (κ1) is 76.2. The van der Waals surface area contributed by atoms with Crippen LogP contribution in [0.15, 0.2) is 400 Å². The Labute approximate surface area is 692 Å². The molecule has 0 saturated carbocycles. The topological polar surface area (TPSA) is 147 Å². The highest BCUT2D eigenvalue weighted by atomic mass is 35.5. The minimum absolute atomic E-state index is 0.401. The quantitative estimate of drug-likeness (QED) is 0.0848. The van der Waals surface area contributed by atoms with E-state index in [1.54, 1.807) is 0 Å². The van der Waals surface area contributed by atoms with Gasteiger partial charge in [0.1, 0.15) is 0 Å². The first-order chi connectivity index (χ1) is 57.8. The Balaban J connectivity index is 0.000000136. The molecule has 0 radical (unpaired) electrons. The minimum atomic E-state index is -0.435. The zero-order valence-corrected chi connectivity index (χ0v) is 66.1. The van der Waals surface area contributed by atoms with E-state index in [-0.39, 0.29) is 0 Å². The van der Waals surface area contributed by atoms with Crippen LogP contribution in [-0.2, 0) is 9.31 Å². The molecule has 14 heteroatoms. The van der Waals surface area contributed by atoms with Gasteiger partial charge in [-0.05, 0) is 109 Å². The van der Waals surface area contributed by atoms with Gasteiger partial charge in [0.2, 0.25) is 0 Å². The molecular weight excluding hydrogens is 1470 g/mol. The fourth-order valence-corrected chi connectivity index (χ4v) is 14.1. The number of aromatic nitrogens is 10. The van der Waals surface area contributed by atoms with Crippen molar-refractivity contribution in [2.45, 2.75) is 38.9 Å². The lowest BCUT2D eigenvalue weighted by atomic mass is 9.78. The van der Waals surface area contributed by atoms with Crippen molar-refractivity contribution < 1.29 is 9.31 Å². The van der Waals surface area contributed by atoms with Gasteiger partial charge in [0.15, 0.2) is 46.6 Å². The SMILES string of the molecule is CC1(C)OB(c2cccc(-c3cc(-c4ccc(-c5ccccc5)cc4)nc(-c4ccccc4)n3)c2)OC1(C)C.Clc1cccc(-c2nc(-c3ccccc3)nc(-c3ccccc3)n2)c1.c1ccc(-c2ccc(-c3cc(-c4cccc(-c5cccc(-c6nc(-c7ccccc7)nc(-c7ccccc7)n6)c5)c4)nc(-c4ccccc4)n3)cc2)cc1. The Morgan fingerprint density at radius 1 is 0.186 bits per heavy atom. The van der Waals surface area contributed by atoms with E-state index in [9.17, 15) is 0 Å². The molecule has 1 aliphatic heterocycles. The van der Waals surface area contributed by atoms with Crippen molar-refractivity contribution in [2.75, 3.05) is 0 Å². The summed E-state index contributed by atoms with van der Waals surface area (Å²) in [6.45, 7) is 8.29. The molecule has 1 fully saturated rings. The lowest BCUT2D eigenvalue weighted by Crippen LogP contribution is -2.41. The van der Waals surface area contributed by atoms with Gasteiger partial charge in [0.25, 0.3) is 0 Å². The van der Waals surface area contributed by atoms with E-state index in [0.717, 1.165) is 112 Å². The van der Waals surface area contributed by atoms with Gasteiger partial charge in [-0.1, -0.05) is 376 Å². The summed E-state index contributed by atoms with van der Waals surface area (Å²) in [5.74, 6) is 5.15. The molecule has 0 N–H and O–H groups in total. The largest absolute Gasteiger partial charge is 0.494 e. The summed E-state index contributed by atoms with van der Waals surface area (Å²) in [5.41, 5.74) is 22.0. The van der Waals surface area contributed by atoms with Crippen LogP contribution in [0.4, 0.5) is 0 Å². The number of hydrogen-bond donors (Lipinski definition) is 0. The highest BCUT2D eigenvalue weighted by Gasteiger charge is 2.51. The molecule has 19 rings (SSSR count). The highest BCUT2D eigenvalue weighted by molar-refractivity contribution is 6.62. The van der Waals surface area contributed by atoms with Crippen molar-refractivity contribution in [3.8, 4) is 170 Å². The van der Waals surface area contributed by atoms with Gasteiger partial charge in [0, 0.05) is 66.2 Å². The predicted molar refractivity (Wildman–Crippen MR) is 480 cm³/mol. The van der Waals surface area contributed by atoms with Gasteiger partial charge in [0.05, 0.1) is 34.0 Å². The summed E-state index contributed by atoms with van der Waals surface area (Å²) in [7, 11) is -0.435. The predicted octanol–water partition coefficient (Wildman–Crippen LogP) is 25.0. The molecular formula is C104H78BClN10O2. The third-order valence-electron chi connectivity index (χ3n) is 20.9. The van der Waals surface area contributed by atoms with Crippen molar-refractivity contribution in [2.24, 2.45) is 0 Å². The van der Waals surface area contributed by atoms with Crippen molar-refractivity contribution in [3.63, 3.8) is 0 Å². The molecule has 0 amide bonds. The van der Waals surface area contributed by atoms with Gasteiger partial charge in [-0.2, -0.15) is 0 Å². The summed E-state index contributed by atoms with van der Waals surface area (Å²) < 4.78 is 12.6. The van der Waals surface area contributed by atoms with Gasteiger partial charge in [-0.15, -0.1) is 0 Å². The lowest BCUT2D eigenvalue weighted by molar-refractivity contribution is 0.00578. The van der Waals surface area contributed by atoms with Gasteiger partial charge in [-0.25, -0.2) is 49.8 Å². The monoisotopic (exact) mass is 1540 g/mol. The minimum Gasteiger partial charge on any atom is -0.399 e. The third kappa shape index (κ3) is 17.7. The standard InChI is InChI=1S/C49H33N5.C34H31BN2O2.C21H14ClN3/c1-5-15-34(16-6-1)35-27-29-36(30-28-35)44-33-45(51-46(50-44)37-17-7-2-8-18-37)42-25-13-23-40(31-42)41-24-14-26-43(32-41)49-53-47(38-19-9-3-10-20-38)52-48(54-49)39-21-11-4-12-22-39;1-33(2)34(3,4)39-35(38-33)29-17-11-16-28(22-29)31-23-30(36-32(37-31)27-14-9-6-10-15-27)26-20-18-25(19-21-26)24-12-7-5-8-13-24;22-18-13-7-12-17(14-18)21-24-19(15-8-3-1-4-9-15)23-20(25-21)16-10-5-2-6-11-16/h1-33H;5-23H,1-4H3;1-14H. The number of hydrogen-bond acceptors (Lipinski definition) is 12. The molecule has 12 nitrogen and oxygen atoms in total. The van der Waals surface area contributed by atoms with Gasteiger partial charge >= 0.3 is 7.12 Å². The maximum absolute atomic E-state index is 6.32. The molecule has 1 saturated heterocycles. The summed E-state index contributed by atoms with van der Waals surface area (Å²) in [5, 5.41) is 0.653. The molecule has 566 valence electrons. The molecule has 4 aromatic heterocycles. The van der Waals surface area contributed by atoms with E-state index in [4.69, 9.17) is 55.8 Å². The summed E-state index contributed by atoms with van der Waals surface area (Å²) in [6.07, 6.45) is 0. The summed E-state index contributed by atoms with van der Waals surface area (Å²) in [4.78, 5) is 48.9. The molecule has 0 bridgehead atoms. The van der Waals surface area contributed by atoms with Crippen molar-refractivity contribution in [1.82, 2.24) is 49.8 Å². The van der Waals surface area contributed by atoms with Crippen LogP contribution in [0, 0.1) is 0 Å². The molecule has 1 aliphatic rings. The van der Waals surface area contributed by atoms with Crippen molar-refractivity contribution in [3.05, 3.63) is 405 Å². The van der Waals surface area contributed by atoms with Crippen LogP contribution in [0.2, 0.25) is 5.02 Å². The second-order valence-electron chi connectivity index (χ2n) is 29.5. The van der Waals surface area contributed by atoms with Crippen LogP contribution < -0.4 is 5.46 Å². The average molecular weight is 1550 g/mol. The number of halogens is 1. The molecule has 0 atom stereocenters. The zero-order chi connectivity index (χ0) is 80.2. The van der Waals surface area contributed by atoms with E-state index in [1.807, 2.05) is 218 Å². The fraction of sp³-hybridized carbons (Fsp3) is 0.0577. The maximum Gasteiger partial charge on any atom is 0.494 e. The smallest absolute Gasteiger partial charge is 0.399 e. The van der Waals surface area contributed by atoms with Crippen LogP contribution in [0.5, 0.6) is 0 Å². The second-order valence-corrected chi connectivity index (χ2v) is 29.9. The van der Waals surface area contributed by atoms with E-state index in [2.05, 4.69) is 225 Å². The Morgan fingerprint density at radius 3 is 0.737 bits per heavy atom. The maximum atomic E-state index is 6.32. The summed E-state index contributed by atoms with van der Waals surface area (Å²) >= 11 is 6.14. The Kier molecular flexibility index (Phi) is 22.4. The van der Waals surface area contributed by atoms with Crippen LogP contribution in [0.3, 0.4) is 0 Å². The average Bonchev–Trinajstić information content (AvgIpc) is 1.64. The Bertz CT molecular complexity index is 6350. The fourth-order valence-electron chi connectivity index (χ4n) is 13.9. The van der Waals surface area contributed by atoms with Gasteiger partial charge in [-0.3, -0.25) is 0 Å². The molecule has 0 unspecified atom stereocenters. The van der Waals surface area contributed by atoms with E-state index in [1.165, 1.54) is 16.7 Å². The normalized spacial score (nSPS) is 12.5. The molecule has 14 aromatic carbocycles. The van der Waals surface area contributed by atoms with Crippen LogP contribution in [0.1, 0.15) is 27.7 Å². The Hall–Kier alpha value is -14.5. The lowest BCUT2D eigenvalue weighted by Gasteiger charge is -2.32. The second kappa shape index (κ2) is 34.7. The van der Waals surface area contributed by atoms with Crippen molar-refractivity contribution >= 4 is 24.2 Å². The van der Waals surface area contributed by atoms with Crippen molar-refractivity contribution in [1.29, 1.82) is 0 Å².